The van der Waals surface area contributed by atoms with Crippen LogP contribution in [0.2, 0.25) is 0 Å². The normalized spacial score (nSPS) is 13.9. The van der Waals surface area contributed by atoms with Gasteiger partial charge in [-0.05, 0) is 0 Å². The zero-order valence-electron chi connectivity index (χ0n) is 9.99. The van der Waals surface area contributed by atoms with Crippen LogP contribution in [-0.2, 0) is 33.2 Å². The molecule has 8 nitrogen and oxygen atoms in total. The van der Waals surface area contributed by atoms with Crippen LogP contribution in [-0.4, -0.2) is 48.0 Å². The second kappa shape index (κ2) is 6.24. The van der Waals surface area contributed by atoms with Gasteiger partial charge in [0.1, 0.15) is 6.04 Å². The smallest absolute Gasteiger partial charge is 0.327 e. The van der Waals surface area contributed by atoms with Gasteiger partial charge in [0, 0.05) is 31.0 Å². The van der Waals surface area contributed by atoms with Crippen LogP contribution in [0.1, 0.15) is 12.6 Å². The lowest BCUT2D eigenvalue weighted by atomic mass is 10.3. The van der Waals surface area contributed by atoms with E-state index in [-0.39, 0.29) is 11.5 Å². The van der Waals surface area contributed by atoms with Gasteiger partial charge in [-0.3, -0.25) is 13.7 Å². The Labute approximate surface area is 106 Å². The van der Waals surface area contributed by atoms with Crippen LogP contribution in [0.25, 0.3) is 0 Å². The number of amides is 1. The first-order valence-electron chi connectivity index (χ1n) is 5.08. The third-order valence-electron chi connectivity index (χ3n) is 1.99. The molecule has 1 aromatic heterocycles. The van der Waals surface area contributed by atoms with Crippen molar-refractivity contribution < 1.29 is 18.9 Å². The molecule has 0 radical (unpaired) electrons. The maximum Gasteiger partial charge on any atom is 0.327 e. The van der Waals surface area contributed by atoms with E-state index in [1.165, 1.54) is 11.6 Å². The topological polar surface area (TPSA) is 114 Å². The number of carbonyl (C=O) groups excluding carboxylic acids is 1. The van der Waals surface area contributed by atoms with E-state index < -0.39 is 28.7 Å². The zero-order chi connectivity index (χ0) is 13.7. The van der Waals surface area contributed by atoms with Gasteiger partial charge in [0.05, 0.1) is 17.2 Å². The number of hydrogen-bond donors (Lipinski definition) is 2. The maximum absolute atomic E-state index is 11.7. The van der Waals surface area contributed by atoms with E-state index in [0.29, 0.717) is 5.69 Å². The maximum atomic E-state index is 11.7. The van der Waals surface area contributed by atoms with Crippen molar-refractivity contribution in [2.45, 2.75) is 18.7 Å². The third-order valence-corrected chi connectivity index (χ3v) is 3.31. The van der Waals surface area contributed by atoms with Gasteiger partial charge in [-0.1, -0.05) is 5.21 Å². The van der Waals surface area contributed by atoms with Crippen molar-refractivity contribution in [3.63, 3.8) is 0 Å². The van der Waals surface area contributed by atoms with Crippen LogP contribution in [0.3, 0.4) is 0 Å². The first-order valence-corrected chi connectivity index (χ1v) is 6.57. The van der Waals surface area contributed by atoms with Crippen molar-refractivity contribution in [3.8, 4) is 0 Å². The molecule has 9 heteroatoms. The Morgan fingerprint density at radius 2 is 2.28 bits per heavy atom. The zero-order valence-corrected chi connectivity index (χ0v) is 10.8. The number of aryl methyl sites for hydroxylation is 1. The van der Waals surface area contributed by atoms with E-state index in [1.54, 1.807) is 13.2 Å². The molecule has 0 bridgehead atoms. The molecule has 0 aliphatic carbocycles. The van der Waals surface area contributed by atoms with Crippen molar-refractivity contribution in [1.82, 2.24) is 20.3 Å². The number of hydrogen-bond acceptors (Lipinski definition) is 5. The summed E-state index contributed by atoms with van der Waals surface area (Å²) in [6, 6.07) is -1.15. The highest BCUT2D eigenvalue weighted by molar-refractivity contribution is 7.84. The van der Waals surface area contributed by atoms with E-state index >= 15 is 0 Å². The minimum absolute atomic E-state index is 0.108. The lowest BCUT2D eigenvalue weighted by molar-refractivity contribution is -0.140. The number of carboxylic acids is 1. The molecule has 18 heavy (non-hydrogen) atoms. The molecular weight excluding hydrogens is 260 g/mol. The van der Waals surface area contributed by atoms with Gasteiger partial charge in [-0.15, -0.1) is 5.10 Å². The van der Waals surface area contributed by atoms with Crippen molar-refractivity contribution in [2.24, 2.45) is 7.05 Å². The van der Waals surface area contributed by atoms with Crippen LogP contribution in [0.4, 0.5) is 0 Å². The minimum atomic E-state index is -1.44. The summed E-state index contributed by atoms with van der Waals surface area (Å²) in [6.45, 7) is 1.21. The van der Waals surface area contributed by atoms with Gasteiger partial charge in [0.25, 0.3) is 0 Å². The van der Waals surface area contributed by atoms with Crippen molar-refractivity contribution in [2.75, 3.05) is 5.75 Å². The minimum Gasteiger partial charge on any atom is -0.480 e. The molecule has 2 N–H and O–H groups in total. The molecule has 0 saturated heterocycles. The van der Waals surface area contributed by atoms with Crippen molar-refractivity contribution in [3.05, 3.63) is 11.9 Å². The fourth-order valence-electron chi connectivity index (χ4n) is 1.29. The third kappa shape index (κ3) is 4.62. The van der Waals surface area contributed by atoms with Gasteiger partial charge in [0.15, 0.2) is 0 Å². The van der Waals surface area contributed by atoms with Gasteiger partial charge < -0.3 is 10.4 Å². The number of carbonyl (C=O) groups is 2. The van der Waals surface area contributed by atoms with Crippen molar-refractivity contribution >= 4 is 22.7 Å². The van der Waals surface area contributed by atoms with Crippen LogP contribution in [0.5, 0.6) is 0 Å². The number of nitrogens with one attached hydrogen (secondary N) is 1. The van der Waals surface area contributed by atoms with Crippen LogP contribution >= 0.6 is 0 Å². The number of rotatable bonds is 6. The largest absolute Gasteiger partial charge is 0.480 e. The Kier molecular flexibility index (Phi) is 4.95. The summed E-state index contributed by atoms with van der Waals surface area (Å²) in [5.74, 6) is -1.74. The Hall–Kier alpha value is -1.77. The highest BCUT2D eigenvalue weighted by Crippen LogP contribution is 2.00. The van der Waals surface area contributed by atoms with E-state index in [2.05, 4.69) is 15.6 Å². The lowest BCUT2D eigenvalue weighted by Crippen LogP contribution is -2.43. The number of aliphatic carboxylic acids is 1. The summed E-state index contributed by atoms with van der Waals surface area (Å²) in [4.78, 5) is 21.6. The fraction of sp³-hybridized carbons (Fsp3) is 0.556. The highest BCUT2D eigenvalue weighted by atomic mass is 32.2. The molecule has 1 heterocycles. The molecular formula is C9H14N4O4S. The quantitative estimate of drug-likeness (QED) is 0.663. The highest BCUT2D eigenvalue weighted by Gasteiger charge is 2.21. The summed E-state index contributed by atoms with van der Waals surface area (Å²) in [7, 11) is 0.241. The molecule has 2 atom stereocenters. The summed E-state index contributed by atoms with van der Waals surface area (Å²) in [6.07, 6.45) is 1.60. The predicted molar refractivity (Wildman–Crippen MR) is 63.0 cm³/mol. The monoisotopic (exact) mass is 274 g/mol. The lowest BCUT2D eigenvalue weighted by Gasteiger charge is -2.12. The molecule has 0 aliphatic heterocycles. The van der Waals surface area contributed by atoms with E-state index in [0.717, 1.165) is 0 Å². The van der Waals surface area contributed by atoms with Crippen LogP contribution < -0.4 is 5.32 Å². The standard InChI is InChI=1S/C9H14N4O4S/c1-6(14)10-8(9(15)16)5-18(17)4-7-3-13(2)12-11-7/h3,8H,4-5H2,1-2H3,(H,10,14)(H,15,16)/t8-,18?/m0/s1. The summed E-state index contributed by atoms with van der Waals surface area (Å²) in [5.41, 5.74) is 0.516. The fourth-order valence-corrected chi connectivity index (χ4v) is 2.47. The van der Waals surface area contributed by atoms with Gasteiger partial charge in [-0.2, -0.15) is 0 Å². The Morgan fingerprint density at radius 1 is 1.61 bits per heavy atom. The van der Waals surface area contributed by atoms with Crippen LogP contribution in [0.15, 0.2) is 6.20 Å². The first kappa shape index (κ1) is 14.3. The molecule has 0 fully saturated rings. The van der Waals surface area contributed by atoms with E-state index in [9.17, 15) is 13.8 Å². The average molecular weight is 274 g/mol. The van der Waals surface area contributed by atoms with Gasteiger partial charge in [-0.25, -0.2) is 4.79 Å². The summed E-state index contributed by atoms with van der Waals surface area (Å²) >= 11 is 0. The van der Waals surface area contributed by atoms with E-state index in [4.69, 9.17) is 5.11 Å². The second-order valence-electron chi connectivity index (χ2n) is 3.73. The first-order chi connectivity index (χ1) is 8.38. The molecule has 1 aromatic rings. The molecule has 100 valence electrons. The van der Waals surface area contributed by atoms with E-state index in [1.807, 2.05) is 0 Å². The van der Waals surface area contributed by atoms with Gasteiger partial charge >= 0.3 is 5.97 Å². The molecule has 0 spiro atoms. The summed E-state index contributed by atoms with van der Waals surface area (Å²) in [5, 5.41) is 18.5. The summed E-state index contributed by atoms with van der Waals surface area (Å²) < 4.78 is 13.2. The predicted octanol–water partition coefficient (Wildman–Crippen LogP) is -1.35. The number of nitrogens with zero attached hydrogens (tertiary/aromatic N) is 3. The average Bonchev–Trinajstić information content (AvgIpc) is 2.62. The van der Waals surface area contributed by atoms with Crippen molar-refractivity contribution in [1.29, 1.82) is 0 Å². The Balaban J connectivity index is 2.56. The molecule has 1 unspecified atom stereocenters. The SMILES string of the molecule is CC(=O)N[C@@H](CS(=O)Cc1cn(C)nn1)C(=O)O. The number of carboxylic acid groups (broad SMARTS) is 1. The Morgan fingerprint density at radius 3 is 2.72 bits per heavy atom. The van der Waals surface area contributed by atoms with Gasteiger partial charge in [0.2, 0.25) is 5.91 Å². The Bertz CT molecular complexity index is 473. The molecule has 0 aromatic carbocycles. The second-order valence-corrected chi connectivity index (χ2v) is 5.23. The molecule has 1 rings (SSSR count). The molecule has 0 saturated carbocycles. The molecule has 0 aliphatic rings. The molecule has 1 amide bonds. The number of aromatic nitrogens is 3. The van der Waals surface area contributed by atoms with Crippen LogP contribution in [0, 0.1) is 0 Å².